The maximum absolute atomic E-state index is 6.18. The molecule has 1 aromatic rings. The van der Waals surface area contributed by atoms with Gasteiger partial charge in [0.1, 0.15) is 0 Å². The molecule has 1 saturated carbocycles. The van der Waals surface area contributed by atoms with Crippen molar-refractivity contribution >= 4 is 11.6 Å². The van der Waals surface area contributed by atoms with Crippen molar-refractivity contribution < 1.29 is 0 Å². The third kappa shape index (κ3) is 2.25. The number of aromatic nitrogens is 2. The van der Waals surface area contributed by atoms with Gasteiger partial charge in [-0.25, -0.2) is 0 Å². The topological polar surface area (TPSA) is 29.9 Å². The van der Waals surface area contributed by atoms with Gasteiger partial charge in [-0.3, -0.25) is 4.68 Å². The number of rotatable bonds is 4. The van der Waals surface area contributed by atoms with Crippen LogP contribution in [0, 0.1) is 18.3 Å². The molecule has 0 saturated heterocycles. The van der Waals surface area contributed by atoms with Gasteiger partial charge in [0.05, 0.1) is 16.4 Å². The minimum atomic E-state index is 0.541. The van der Waals surface area contributed by atoms with Gasteiger partial charge in [-0.15, -0.1) is 0 Å². The van der Waals surface area contributed by atoms with Crippen LogP contribution in [0.5, 0.6) is 0 Å². The predicted octanol–water partition coefficient (Wildman–Crippen LogP) is 2.52. The van der Waals surface area contributed by atoms with Crippen LogP contribution < -0.4 is 5.32 Å². The van der Waals surface area contributed by atoms with Crippen molar-refractivity contribution in [2.45, 2.75) is 33.7 Å². The SMILES string of the molecule is Cc1nn(C)c(CNCC2CC2(C)C)c1Cl. The smallest absolute Gasteiger partial charge is 0.0860 e. The minimum Gasteiger partial charge on any atom is -0.311 e. The Hall–Kier alpha value is -0.540. The van der Waals surface area contributed by atoms with Crippen molar-refractivity contribution in [1.29, 1.82) is 0 Å². The molecule has 1 atom stereocenters. The second kappa shape index (κ2) is 4.04. The molecule has 1 fully saturated rings. The van der Waals surface area contributed by atoms with E-state index in [0.29, 0.717) is 5.41 Å². The third-order valence-corrected chi connectivity index (χ3v) is 4.15. The molecule has 1 aliphatic rings. The average molecular weight is 242 g/mol. The second-order valence-corrected chi connectivity index (χ2v) is 5.87. The Bertz CT molecular complexity index is 395. The fourth-order valence-corrected chi connectivity index (χ4v) is 2.39. The van der Waals surface area contributed by atoms with E-state index in [4.69, 9.17) is 11.6 Å². The molecule has 0 aromatic carbocycles. The molecule has 90 valence electrons. The van der Waals surface area contributed by atoms with E-state index < -0.39 is 0 Å². The van der Waals surface area contributed by atoms with Gasteiger partial charge in [0.15, 0.2) is 0 Å². The van der Waals surface area contributed by atoms with Gasteiger partial charge in [0.2, 0.25) is 0 Å². The highest BCUT2D eigenvalue weighted by molar-refractivity contribution is 6.31. The quantitative estimate of drug-likeness (QED) is 0.878. The van der Waals surface area contributed by atoms with E-state index in [2.05, 4.69) is 24.3 Å². The van der Waals surface area contributed by atoms with Crippen molar-refractivity contribution in [1.82, 2.24) is 15.1 Å². The average Bonchev–Trinajstić information content (AvgIpc) is 2.71. The summed E-state index contributed by atoms with van der Waals surface area (Å²) in [5.41, 5.74) is 2.53. The van der Waals surface area contributed by atoms with Crippen LogP contribution in [-0.2, 0) is 13.6 Å². The summed E-state index contributed by atoms with van der Waals surface area (Å²) in [7, 11) is 1.94. The maximum Gasteiger partial charge on any atom is 0.0860 e. The van der Waals surface area contributed by atoms with Crippen LogP contribution in [-0.4, -0.2) is 16.3 Å². The minimum absolute atomic E-state index is 0.541. The highest BCUT2D eigenvalue weighted by Crippen LogP contribution is 2.50. The van der Waals surface area contributed by atoms with Gasteiger partial charge in [0.25, 0.3) is 0 Å². The number of nitrogens with one attached hydrogen (secondary N) is 1. The zero-order chi connectivity index (χ0) is 11.9. The van der Waals surface area contributed by atoms with Gasteiger partial charge in [-0.05, 0) is 31.2 Å². The molecule has 0 amide bonds. The molecule has 1 aromatic heterocycles. The van der Waals surface area contributed by atoms with Crippen molar-refractivity contribution in [3.8, 4) is 0 Å². The Morgan fingerprint density at radius 3 is 2.62 bits per heavy atom. The lowest BCUT2D eigenvalue weighted by molar-refractivity contribution is 0.512. The summed E-state index contributed by atoms with van der Waals surface area (Å²) in [5.74, 6) is 0.820. The summed E-state index contributed by atoms with van der Waals surface area (Å²) < 4.78 is 1.86. The molecule has 0 bridgehead atoms. The molecule has 0 aliphatic heterocycles. The molecule has 4 heteroatoms. The van der Waals surface area contributed by atoms with E-state index in [9.17, 15) is 0 Å². The largest absolute Gasteiger partial charge is 0.311 e. The van der Waals surface area contributed by atoms with Crippen LogP contribution in [0.4, 0.5) is 0 Å². The van der Waals surface area contributed by atoms with Gasteiger partial charge in [-0.2, -0.15) is 5.10 Å². The second-order valence-electron chi connectivity index (χ2n) is 5.49. The van der Waals surface area contributed by atoms with E-state index in [1.807, 2.05) is 18.7 Å². The van der Waals surface area contributed by atoms with Crippen LogP contribution in [0.25, 0.3) is 0 Å². The molecule has 0 radical (unpaired) electrons. The van der Waals surface area contributed by atoms with Crippen LogP contribution in [0.1, 0.15) is 31.7 Å². The van der Waals surface area contributed by atoms with Crippen molar-refractivity contribution in [3.63, 3.8) is 0 Å². The van der Waals surface area contributed by atoms with Crippen molar-refractivity contribution in [3.05, 3.63) is 16.4 Å². The first-order valence-corrected chi connectivity index (χ1v) is 6.18. The summed E-state index contributed by atoms with van der Waals surface area (Å²) in [6, 6.07) is 0. The molecule has 16 heavy (non-hydrogen) atoms. The Morgan fingerprint density at radius 2 is 2.19 bits per heavy atom. The van der Waals surface area contributed by atoms with Crippen LogP contribution in [0.15, 0.2) is 0 Å². The molecule has 1 N–H and O–H groups in total. The summed E-state index contributed by atoms with van der Waals surface area (Å²) in [5, 5.41) is 8.56. The molecule has 0 spiro atoms. The van der Waals surface area contributed by atoms with Gasteiger partial charge in [0, 0.05) is 13.6 Å². The summed E-state index contributed by atoms with van der Waals surface area (Å²) in [6.07, 6.45) is 1.33. The number of halogens is 1. The molecular weight excluding hydrogens is 222 g/mol. The van der Waals surface area contributed by atoms with Gasteiger partial charge >= 0.3 is 0 Å². The highest BCUT2D eigenvalue weighted by Gasteiger charge is 2.44. The molecular formula is C12H20ClN3. The molecule has 1 heterocycles. The highest BCUT2D eigenvalue weighted by atomic mass is 35.5. The van der Waals surface area contributed by atoms with Crippen LogP contribution in [0.2, 0.25) is 5.02 Å². The fourth-order valence-electron chi connectivity index (χ4n) is 2.16. The molecule has 1 aliphatic carbocycles. The van der Waals surface area contributed by atoms with E-state index in [0.717, 1.165) is 35.4 Å². The molecule has 2 rings (SSSR count). The van der Waals surface area contributed by atoms with E-state index in [1.165, 1.54) is 6.42 Å². The number of nitrogens with zero attached hydrogens (tertiary/aromatic N) is 2. The Morgan fingerprint density at radius 1 is 1.56 bits per heavy atom. The number of aryl methyl sites for hydroxylation is 2. The van der Waals surface area contributed by atoms with Crippen LogP contribution in [0.3, 0.4) is 0 Å². The first-order chi connectivity index (χ1) is 7.42. The summed E-state index contributed by atoms with van der Waals surface area (Å²) in [4.78, 5) is 0. The van der Waals surface area contributed by atoms with Crippen molar-refractivity contribution in [2.75, 3.05) is 6.54 Å². The van der Waals surface area contributed by atoms with E-state index >= 15 is 0 Å². The normalized spacial score (nSPS) is 22.4. The predicted molar refractivity (Wildman–Crippen MR) is 66.5 cm³/mol. The molecule has 3 nitrogen and oxygen atoms in total. The van der Waals surface area contributed by atoms with E-state index in [1.54, 1.807) is 0 Å². The summed E-state index contributed by atoms with van der Waals surface area (Å²) >= 11 is 6.18. The third-order valence-electron chi connectivity index (χ3n) is 3.66. The van der Waals surface area contributed by atoms with Crippen LogP contribution >= 0.6 is 11.6 Å². The first kappa shape index (κ1) is 11.9. The summed E-state index contributed by atoms with van der Waals surface area (Å²) in [6.45, 7) is 8.47. The standard InChI is InChI=1S/C12H20ClN3/c1-8-11(13)10(16(4)15-8)7-14-6-9-5-12(9,2)3/h9,14H,5-7H2,1-4H3. The Balaban J connectivity index is 1.86. The monoisotopic (exact) mass is 241 g/mol. The lowest BCUT2D eigenvalue weighted by Gasteiger charge is -2.07. The van der Waals surface area contributed by atoms with E-state index in [-0.39, 0.29) is 0 Å². The van der Waals surface area contributed by atoms with Crippen molar-refractivity contribution in [2.24, 2.45) is 18.4 Å². The van der Waals surface area contributed by atoms with Gasteiger partial charge < -0.3 is 5.32 Å². The zero-order valence-corrected chi connectivity index (χ0v) is 11.2. The number of hydrogen-bond donors (Lipinski definition) is 1. The maximum atomic E-state index is 6.18. The zero-order valence-electron chi connectivity index (χ0n) is 10.5. The lowest BCUT2D eigenvalue weighted by atomic mass is 10.1. The van der Waals surface area contributed by atoms with Gasteiger partial charge in [-0.1, -0.05) is 25.4 Å². The first-order valence-electron chi connectivity index (χ1n) is 5.80. The molecule has 1 unspecified atom stereocenters. The fraction of sp³-hybridized carbons (Fsp3) is 0.750. The lowest BCUT2D eigenvalue weighted by Crippen LogP contribution is -2.20. The Kier molecular flexibility index (Phi) is 3.01. The number of hydrogen-bond acceptors (Lipinski definition) is 2. The Labute approximate surface area is 102 Å².